The van der Waals surface area contributed by atoms with Crippen LogP contribution in [0.5, 0.6) is 0 Å². The van der Waals surface area contributed by atoms with E-state index in [-0.39, 0.29) is 0 Å². The van der Waals surface area contributed by atoms with Crippen LogP contribution in [-0.2, 0) is 6.54 Å². The minimum Gasteiger partial charge on any atom is -0.363 e. The average Bonchev–Trinajstić information content (AvgIpc) is 2.81. The van der Waals surface area contributed by atoms with E-state index in [2.05, 4.69) is 25.7 Å². The predicted octanol–water partition coefficient (Wildman–Crippen LogP) is 1.48. The van der Waals surface area contributed by atoms with E-state index < -0.39 is 0 Å². The molecule has 0 bridgehead atoms. The van der Waals surface area contributed by atoms with Crippen LogP contribution in [0.15, 0.2) is 17.1 Å². The summed E-state index contributed by atoms with van der Waals surface area (Å²) >= 11 is 7.46. The fourth-order valence-corrected chi connectivity index (χ4v) is 1.78. The zero-order chi connectivity index (χ0) is 11.4. The van der Waals surface area contributed by atoms with E-state index in [1.54, 1.807) is 5.51 Å². The van der Waals surface area contributed by atoms with Crippen molar-refractivity contribution in [3.05, 3.63) is 27.8 Å². The van der Waals surface area contributed by atoms with Gasteiger partial charge in [0.15, 0.2) is 5.82 Å². The van der Waals surface area contributed by atoms with Crippen LogP contribution >= 0.6 is 22.9 Å². The van der Waals surface area contributed by atoms with Crippen molar-refractivity contribution in [3.63, 3.8) is 0 Å². The molecule has 0 saturated heterocycles. The van der Waals surface area contributed by atoms with E-state index in [4.69, 9.17) is 17.4 Å². The Morgan fingerprint density at radius 2 is 2.31 bits per heavy atom. The van der Waals surface area contributed by atoms with Gasteiger partial charge >= 0.3 is 0 Å². The maximum atomic E-state index is 5.92. The highest BCUT2D eigenvalue weighted by atomic mass is 35.5. The summed E-state index contributed by atoms with van der Waals surface area (Å²) in [6, 6.07) is 0. The second kappa shape index (κ2) is 5.06. The molecule has 0 unspecified atom stereocenters. The quantitative estimate of drug-likeness (QED) is 0.567. The molecule has 0 aliphatic heterocycles. The Balaban J connectivity index is 2.08. The third kappa shape index (κ3) is 2.57. The minimum atomic E-state index is 0.310. The number of hydrazine groups is 1. The van der Waals surface area contributed by atoms with Gasteiger partial charge in [-0.1, -0.05) is 11.6 Å². The number of nitrogens with two attached hydrogens (primary N) is 1. The molecule has 0 aromatic carbocycles. The van der Waals surface area contributed by atoms with Crippen molar-refractivity contribution in [1.82, 2.24) is 15.0 Å². The molecule has 0 spiro atoms. The molecule has 0 amide bonds. The van der Waals surface area contributed by atoms with Crippen LogP contribution in [0.25, 0.3) is 0 Å². The predicted molar refractivity (Wildman–Crippen MR) is 64.3 cm³/mol. The lowest BCUT2D eigenvalue weighted by molar-refractivity contribution is 1.03. The van der Waals surface area contributed by atoms with Gasteiger partial charge in [0.2, 0.25) is 5.95 Å². The summed E-state index contributed by atoms with van der Waals surface area (Å²) in [5.41, 5.74) is 5.05. The number of hydrogen-bond acceptors (Lipinski definition) is 7. The molecule has 16 heavy (non-hydrogen) atoms. The van der Waals surface area contributed by atoms with Crippen molar-refractivity contribution in [3.8, 4) is 0 Å². The lowest BCUT2D eigenvalue weighted by Crippen LogP contribution is -2.12. The Bertz CT molecular complexity index is 460. The lowest BCUT2D eigenvalue weighted by atomic mass is 10.4. The standard InChI is InChI=1S/C8H9ClN6S/c9-6-2-12-8(15-10)14-7(6)11-1-5-3-16-4-13-5/h2-4H,1,10H2,(H2,11,12,14,15). The summed E-state index contributed by atoms with van der Waals surface area (Å²) < 4.78 is 0. The van der Waals surface area contributed by atoms with Crippen molar-refractivity contribution in [2.24, 2.45) is 5.84 Å². The van der Waals surface area contributed by atoms with Crippen LogP contribution in [0, 0.1) is 0 Å². The van der Waals surface area contributed by atoms with E-state index in [1.807, 2.05) is 5.38 Å². The Hall–Kier alpha value is -1.44. The molecule has 2 rings (SSSR count). The summed E-state index contributed by atoms with van der Waals surface area (Å²) in [5, 5.41) is 5.44. The average molecular weight is 257 g/mol. The van der Waals surface area contributed by atoms with Crippen molar-refractivity contribution >= 4 is 34.7 Å². The van der Waals surface area contributed by atoms with Crippen molar-refractivity contribution < 1.29 is 0 Å². The minimum absolute atomic E-state index is 0.310. The van der Waals surface area contributed by atoms with Gasteiger partial charge in [-0.05, 0) is 0 Å². The Morgan fingerprint density at radius 1 is 1.44 bits per heavy atom. The smallest absolute Gasteiger partial charge is 0.239 e. The number of thiazole rings is 1. The highest BCUT2D eigenvalue weighted by Crippen LogP contribution is 2.19. The molecule has 8 heteroatoms. The second-order valence-corrected chi connectivity index (χ2v) is 3.99. The Morgan fingerprint density at radius 3 is 3.00 bits per heavy atom. The first kappa shape index (κ1) is 11.1. The van der Waals surface area contributed by atoms with Gasteiger partial charge in [0.1, 0.15) is 5.02 Å². The normalized spacial score (nSPS) is 10.1. The number of rotatable bonds is 4. The molecule has 0 aliphatic rings. The van der Waals surface area contributed by atoms with Gasteiger partial charge in [-0.2, -0.15) is 4.98 Å². The molecule has 2 aromatic rings. The summed E-state index contributed by atoms with van der Waals surface area (Å²) in [4.78, 5) is 12.1. The Labute approximate surface area is 101 Å². The van der Waals surface area contributed by atoms with E-state index in [1.165, 1.54) is 17.5 Å². The number of halogens is 1. The second-order valence-electron chi connectivity index (χ2n) is 2.87. The highest BCUT2D eigenvalue weighted by molar-refractivity contribution is 7.07. The van der Waals surface area contributed by atoms with Gasteiger partial charge in [-0.3, -0.25) is 5.43 Å². The molecule has 0 fully saturated rings. The molecule has 4 N–H and O–H groups in total. The largest absolute Gasteiger partial charge is 0.363 e. The van der Waals surface area contributed by atoms with E-state index in [0.717, 1.165) is 5.69 Å². The number of nitrogens with one attached hydrogen (secondary N) is 2. The van der Waals surface area contributed by atoms with Gasteiger partial charge in [0, 0.05) is 5.38 Å². The molecule has 0 saturated carbocycles. The first-order valence-corrected chi connectivity index (χ1v) is 5.72. The molecule has 6 nitrogen and oxygen atoms in total. The first-order chi connectivity index (χ1) is 7.79. The SMILES string of the molecule is NNc1ncc(Cl)c(NCc2cscn2)n1. The summed E-state index contributed by atoms with van der Waals surface area (Å²) in [5.74, 6) is 6.04. The van der Waals surface area contributed by atoms with Crippen LogP contribution in [0.4, 0.5) is 11.8 Å². The number of nitrogen functional groups attached to an aromatic ring is 1. The number of hydrogen-bond donors (Lipinski definition) is 3. The monoisotopic (exact) mass is 256 g/mol. The maximum absolute atomic E-state index is 5.92. The van der Waals surface area contributed by atoms with Crippen LogP contribution in [-0.4, -0.2) is 15.0 Å². The van der Waals surface area contributed by atoms with Crippen LogP contribution < -0.4 is 16.6 Å². The summed E-state index contributed by atoms with van der Waals surface area (Å²) in [6.45, 7) is 0.560. The van der Waals surface area contributed by atoms with E-state index in [0.29, 0.717) is 23.3 Å². The van der Waals surface area contributed by atoms with Crippen molar-refractivity contribution in [1.29, 1.82) is 0 Å². The lowest BCUT2D eigenvalue weighted by Gasteiger charge is -2.06. The number of nitrogens with zero attached hydrogens (tertiary/aromatic N) is 3. The first-order valence-electron chi connectivity index (χ1n) is 4.39. The number of aromatic nitrogens is 3. The molecular formula is C8H9ClN6S. The van der Waals surface area contributed by atoms with Crippen molar-refractivity contribution in [2.45, 2.75) is 6.54 Å². The summed E-state index contributed by atoms with van der Waals surface area (Å²) in [7, 11) is 0. The fourth-order valence-electron chi connectivity index (χ4n) is 1.06. The van der Waals surface area contributed by atoms with Gasteiger partial charge in [0.25, 0.3) is 0 Å². The van der Waals surface area contributed by atoms with Crippen LogP contribution in [0.2, 0.25) is 5.02 Å². The third-order valence-electron chi connectivity index (χ3n) is 1.79. The molecule has 2 heterocycles. The molecule has 0 atom stereocenters. The summed E-state index contributed by atoms with van der Waals surface area (Å²) in [6.07, 6.45) is 1.48. The van der Waals surface area contributed by atoms with E-state index in [9.17, 15) is 0 Å². The topological polar surface area (TPSA) is 88.8 Å². The molecular weight excluding hydrogens is 248 g/mol. The zero-order valence-corrected chi connectivity index (χ0v) is 9.72. The van der Waals surface area contributed by atoms with Crippen molar-refractivity contribution in [2.75, 3.05) is 10.7 Å². The highest BCUT2D eigenvalue weighted by Gasteiger charge is 2.04. The van der Waals surface area contributed by atoms with Gasteiger partial charge < -0.3 is 5.32 Å². The van der Waals surface area contributed by atoms with Crippen LogP contribution in [0.3, 0.4) is 0 Å². The molecule has 84 valence electrons. The zero-order valence-electron chi connectivity index (χ0n) is 8.14. The van der Waals surface area contributed by atoms with Gasteiger partial charge in [0.05, 0.1) is 23.9 Å². The fraction of sp³-hybridized carbons (Fsp3) is 0.125. The molecule has 0 aliphatic carbocycles. The Kier molecular flexibility index (Phi) is 3.50. The molecule has 0 radical (unpaired) electrons. The van der Waals surface area contributed by atoms with Gasteiger partial charge in [-0.15, -0.1) is 11.3 Å². The number of anilines is 2. The maximum Gasteiger partial charge on any atom is 0.239 e. The third-order valence-corrected chi connectivity index (χ3v) is 2.71. The van der Waals surface area contributed by atoms with Gasteiger partial charge in [-0.25, -0.2) is 15.8 Å². The molecule has 2 aromatic heterocycles. The van der Waals surface area contributed by atoms with Crippen LogP contribution in [0.1, 0.15) is 5.69 Å². The van der Waals surface area contributed by atoms with E-state index >= 15 is 0 Å².